The van der Waals surface area contributed by atoms with Crippen LogP contribution in [0, 0.1) is 0 Å². The molecule has 0 spiro atoms. The second-order valence-electron chi connectivity index (χ2n) is 4.98. The first-order chi connectivity index (χ1) is 8.83. The molecule has 1 atom stereocenters. The number of hydrogen-bond donors (Lipinski definition) is 1. The van der Waals surface area contributed by atoms with E-state index in [1.165, 1.54) is 36.3 Å². The molecule has 3 heteroatoms. The van der Waals surface area contributed by atoms with Crippen LogP contribution in [-0.2, 0) is 6.54 Å². The Balaban J connectivity index is 1.96. The van der Waals surface area contributed by atoms with E-state index < -0.39 is 0 Å². The largest absolute Gasteiger partial charge is 0.396 e. The Bertz CT molecular complexity index is 350. The van der Waals surface area contributed by atoms with E-state index in [0.717, 1.165) is 13.0 Å². The van der Waals surface area contributed by atoms with Gasteiger partial charge in [-0.2, -0.15) is 0 Å². The maximum atomic E-state index is 9.14. The maximum Gasteiger partial charge on any atom is 0.0445 e. The molecule has 0 aromatic heterocycles. The quantitative estimate of drug-likeness (QED) is 0.827. The molecule has 0 bridgehead atoms. The van der Waals surface area contributed by atoms with Crippen LogP contribution in [0.15, 0.2) is 29.2 Å². The summed E-state index contributed by atoms with van der Waals surface area (Å²) in [6.45, 7) is 2.51. The van der Waals surface area contributed by atoms with Crippen LogP contribution in [0.2, 0.25) is 0 Å². The Morgan fingerprint density at radius 3 is 2.72 bits per heavy atom. The molecule has 1 heterocycles. The van der Waals surface area contributed by atoms with Gasteiger partial charge in [-0.1, -0.05) is 18.6 Å². The topological polar surface area (TPSA) is 23.5 Å². The average molecular weight is 265 g/mol. The molecule has 1 aromatic carbocycles. The van der Waals surface area contributed by atoms with E-state index in [0.29, 0.717) is 12.6 Å². The van der Waals surface area contributed by atoms with Crippen LogP contribution in [0.1, 0.15) is 31.2 Å². The van der Waals surface area contributed by atoms with Gasteiger partial charge < -0.3 is 5.11 Å². The number of nitrogens with zero attached hydrogens (tertiary/aromatic N) is 1. The van der Waals surface area contributed by atoms with E-state index in [2.05, 4.69) is 35.4 Å². The Morgan fingerprint density at radius 2 is 2.06 bits per heavy atom. The van der Waals surface area contributed by atoms with Gasteiger partial charge in [0.25, 0.3) is 0 Å². The maximum absolute atomic E-state index is 9.14. The Labute approximate surface area is 114 Å². The van der Waals surface area contributed by atoms with Crippen LogP contribution in [0.25, 0.3) is 0 Å². The molecule has 0 unspecified atom stereocenters. The predicted octanol–water partition coefficient (Wildman–Crippen LogP) is 3.15. The van der Waals surface area contributed by atoms with Crippen molar-refractivity contribution in [2.45, 2.75) is 43.2 Å². The third-order valence-corrected chi connectivity index (χ3v) is 4.50. The highest BCUT2D eigenvalue weighted by Crippen LogP contribution is 2.22. The Hall–Kier alpha value is -0.510. The number of thioether (sulfide) groups is 1. The molecule has 2 nitrogen and oxygen atoms in total. The van der Waals surface area contributed by atoms with Crippen LogP contribution < -0.4 is 0 Å². The summed E-state index contributed by atoms with van der Waals surface area (Å²) in [6, 6.07) is 9.44. The minimum absolute atomic E-state index is 0.312. The van der Waals surface area contributed by atoms with Gasteiger partial charge in [-0.15, -0.1) is 11.8 Å². The van der Waals surface area contributed by atoms with Gasteiger partial charge in [-0.25, -0.2) is 0 Å². The highest BCUT2D eigenvalue weighted by atomic mass is 32.2. The molecule has 1 saturated heterocycles. The van der Waals surface area contributed by atoms with Crippen molar-refractivity contribution in [3.05, 3.63) is 29.8 Å². The molecule has 18 heavy (non-hydrogen) atoms. The van der Waals surface area contributed by atoms with Crippen molar-refractivity contribution in [1.82, 2.24) is 4.90 Å². The molecular weight excluding hydrogens is 242 g/mol. The highest BCUT2D eigenvalue weighted by Gasteiger charge is 2.21. The Kier molecular flexibility index (Phi) is 5.54. The van der Waals surface area contributed by atoms with Crippen LogP contribution in [0.3, 0.4) is 0 Å². The lowest BCUT2D eigenvalue weighted by molar-refractivity contribution is 0.112. The second kappa shape index (κ2) is 7.17. The van der Waals surface area contributed by atoms with Crippen LogP contribution >= 0.6 is 11.8 Å². The standard InChI is InChI=1S/C15H23NOS/c1-18-15-7-5-13(6-8-15)12-16-10-3-2-4-14(16)9-11-17/h5-8,14,17H,2-4,9-12H2,1H3/t14-/m1/s1. The number of rotatable bonds is 5. The van der Waals surface area contributed by atoms with Crippen molar-refractivity contribution < 1.29 is 5.11 Å². The van der Waals surface area contributed by atoms with Crippen molar-refractivity contribution in [2.75, 3.05) is 19.4 Å². The zero-order valence-corrected chi connectivity index (χ0v) is 12.0. The first kappa shape index (κ1) is 13.9. The van der Waals surface area contributed by atoms with Gasteiger partial charge in [-0.3, -0.25) is 4.90 Å². The molecule has 100 valence electrons. The minimum atomic E-state index is 0.312. The molecule has 1 fully saturated rings. The number of likely N-dealkylation sites (tertiary alicyclic amines) is 1. The van der Waals surface area contributed by atoms with Gasteiger partial charge in [0.1, 0.15) is 0 Å². The summed E-state index contributed by atoms with van der Waals surface area (Å²) in [6.07, 6.45) is 6.88. The van der Waals surface area contributed by atoms with E-state index in [-0.39, 0.29) is 0 Å². The van der Waals surface area contributed by atoms with Crippen molar-refractivity contribution in [1.29, 1.82) is 0 Å². The summed E-state index contributed by atoms with van der Waals surface area (Å²) < 4.78 is 0. The molecule has 0 amide bonds. The fourth-order valence-electron chi connectivity index (χ4n) is 2.71. The molecule has 1 N–H and O–H groups in total. The number of aliphatic hydroxyl groups excluding tert-OH is 1. The van der Waals surface area contributed by atoms with E-state index in [1.807, 2.05) is 0 Å². The fourth-order valence-corrected chi connectivity index (χ4v) is 3.12. The summed E-state index contributed by atoms with van der Waals surface area (Å²) in [5.41, 5.74) is 1.39. The van der Waals surface area contributed by atoms with Crippen LogP contribution in [0.4, 0.5) is 0 Å². The predicted molar refractivity (Wildman–Crippen MR) is 78.0 cm³/mol. The molecule has 1 aliphatic rings. The zero-order valence-electron chi connectivity index (χ0n) is 11.1. The summed E-state index contributed by atoms with van der Waals surface area (Å²) in [4.78, 5) is 3.86. The molecule has 0 saturated carbocycles. The number of hydrogen-bond acceptors (Lipinski definition) is 3. The summed E-state index contributed by atoms with van der Waals surface area (Å²) in [5, 5.41) is 9.14. The van der Waals surface area contributed by atoms with E-state index in [9.17, 15) is 0 Å². The third kappa shape index (κ3) is 3.74. The summed E-state index contributed by atoms with van der Waals surface area (Å²) in [7, 11) is 0. The van der Waals surface area contributed by atoms with Gasteiger partial charge in [0.05, 0.1) is 0 Å². The fraction of sp³-hybridized carbons (Fsp3) is 0.600. The third-order valence-electron chi connectivity index (χ3n) is 3.76. The number of aliphatic hydroxyl groups is 1. The van der Waals surface area contributed by atoms with Crippen molar-refractivity contribution in [2.24, 2.45) is 0 Å². The monoisotopic (exact) mass is 265 g/mol. The van der Waals surface area contributed by atoms with Gasteiger partial charge in [-0.05, 0) is 49.8 Å². The van der Waals surface area contributed by atoms with E-state index >= 15 is 0 Å². The lowest BCUT2D eigenvalue weighted by Gasteiger charge is -2.35. The average Bonchev–Trinajstić information content (AvgIpc) is 2.42. The van der Waals surface area contributed by atoms with E-state index in [1.54, 1.807) is 11.8 Å². The molecular formula is C15H23NOS. The summed E-state index contributed by atoms with van der Waals surface area (Å²) in [5.74, 6) is 0. The molecule has 1 aliphatic heterocycles. The second-order valence-corrected chi connectivity index (χ2v) is 5.86. The minimum Gasteiger partial charge on any atom is -0.396 e. The summed E-state index contributed by atoms with van der Waals surface area (Å²) >= 11 is 1.79. The molecule has 1 aromatic rings. The number of benzene rings is 1. The van der Waals surface area contributed by atoms with Gasteiger partial charge >= 0.3 is 0 Å². The molecule has 0 radical (unpaired) electrons. The van der Waals surface area contributed by atoms with Crippen LogP contribution in [0.5, 0.6) is 0 Å². The normalized spacial score (nSPS) is 21.1. The van der Waals surface area contributed by atoms with Crippen molar-refractivity contribution in [3.8, 4) is 0 Å². The smallest absolute Gasteiger partial charge is 0.0445 e. The highest BCUT2D eigenvalue weighted by molar-refractivity contribution is 7.98. The SMILES string of the molecule is CSc1ccc(CN2CCCC[C@@H]2CCO)cc1. The van der Waals surface area contributed by atoms with Gasteiger partial charge in [0, 0.05) is 24.1 Å². The van der Waals surface area contributed by atoms with Crippen molar-refractivity contribution in [3.63, 3.8) is 0 Å². The lowest BCUT2D eigenvalue weighted by Crippen LogP contribution is -2.39. The van der Waals surface area contributed by atoms with Gasteiger partial charge in [0.15, 0.2) is 0 Å². The Morgan fingerprint density at radius 1 is 1.28 bits per heavy atom. The van der Waals surface area contributed by atoms with Crippen molar-refractivity contribution >= 4 is 11.8 Å². The number of piperidine rings is 1. The van der Waals surface area contributed by atoms with Crippen LogP contribution in [-0.4, -0.2) is 35.5 Å². The van der Waals surface area contributed by atoms with Gasteiger partial charge in [0.2, 0.25) is 0 Å². The molecule has 0 aliphatic carbocycles. The first-order valence-electron chi connectivity index (χ1n) is 6.81. The molecule has 2 rings (SSSR count). The zero-order chi connectivity index (χ0) is 12.8. The lowest BCUT2D eigenvalue weighted by atomic mass is 9.99. The first-order valence-corrected chi connectivity index (χ1v) is 8.04. The van der Waals surface area contributed by atoms with E-state index in [4.69, 9.17) is 5.11 Å².